The minimum atomic E-state index is -2.66. The van der Waals surface area contributed by atoms with Gasteiger partial charge in [0.25, 0.3) is 6.43 Å². The van der Waals surface area contributed by atoms with Crippen LogP contribution in [-0.2, 0) is 21.3 Å². The standard InChI is InChI=1S/C10H11BrF2N2O2/c1-17-8(16)3-5-2-6(9(12)13)7(4-11)15-10(5)14/h2,9H,3-4H2,1H3,(H2,14,15). The molecule has 0 radical (unpaired) electrons. The van der Waals surface area contributed by atoms with Crippen LogP contribution in [0, 0.1) is 0 Å². The number of aromatic nitrogens is 1. The van der Waals surface area contributed by atoms with Gasteiger partial charge in [0.05, 0.1) is 19.2 Å². The molecule has 0 atom stereocenters. The molecule has 2 N–H and O–H groups in total. The van der Waals surface area contributed by atoms with Gasteiger partial charge >= 0.3 is 5.97 Å². The molecule has 0 aromatic carbocycles. The van der Waals surface area contributed by atoms with Gasteiger partial charge in [0.15, 0.2) is 0 Å². The number of methoxy groups -OCH3 is 1. The number of carbonyl (C=O) groups excluding carboxylic acids is 1. The Morgan fingerprint density at radius 1 is 1.65 bits per heavy atom. The molecule has 0 aliphatic heterocycles. The topological polar surface area (TPSA) is 65.2 Å². The summed E-state index contributed by atoms with van der Waals surface area (Å²) < 4.78 is 29.9. The molecule has 0 bridgehead atoms. The van der Waals surface area contributed by atoms with Crippen molar-refractivity contribution in [1.29, 1.82) is 0 Å². The summed E-state index contributed by atoms with van der Waals surface area (Å²) >= 11 is 3.06. The first-order chi connectivity index (χ1) is 7.99. The van der Waals surface area contributed by atoms with E-state index >= 15 is 0 Å². The van der Waals surface area contributed by atoms with Crippen molar-refractivity contribution in [2.45, 2.75) is 18.2 Å². The van der Waals surface area contributed by atoms with Gasteiger partial charge in [-0.25, -0.2) is 13.8 Å². The molecule has 0 saturated heterocycles. The molecule has 1 aromatic heterocycles. The van der Waals surface area contributed by atoms with Crippen LogP contribution < -0.4 is 5.73 Å². The number of nitrogens with two attached hydrogens (primary N) is 1. The fraction of sp³-hybridized carbons (Fsp3) is 0.400. The summed E-state index contributed by atoms with van der Waals surface area (Å²) in [4.78, 5) is 14.9. The molecule has 7 heteroatoms. The van der Waals surface area contributed by atoms with E-state index in [0.29, 0.717) is 0 Å². The van der Waals surface area contributed by atoms with Crippen LogP contribution in [0.5, 0.6) is 0 Å². The Kier molecular flexibility index (Phi) is 4.80. The van der Waals surface area contributed by atoms with Crippen molar-refractivity contribution in [2.24, 2.45) is 0 Å². The second kappa shape index (κ2) is 5.90. The van der Waals surface area contributed by atoms with Crippen molar-refractivity contribution in [2.75, 3.05) is 12.8 Å². The quantitative estimate of drug-likeness (QED) is 0.684. The maximum atomic E-state index is 12.7. The van der Waals surface area contributed by atoms with E-state index in [1.165, 1.54) is 13.2 Å². The zero-order valence-electron chi connectivity index (χ0n) is 9.04. The molecule has 1 aromatic rings. The van der Waals surface area contributed by atoms with Crippen molar-refractivity contribution in [3.8, 4) is 0 Å². The maximum absolute atomic E-state index is 12.7. The Morgan fingerprint density at radius 3 is 2.76 bits per heavy atom. The van der Waals surface area contributed by atoms with Crippen molar-refractivity contribution < 1.29 is 18.3 Å². The van der Waals surface area contributed by atoms with E-state index in [-0.39, 0.29) is 34.4 Å². The van der Waals surface area contributed by atoms with Crippen molar-refractivity contribution in [3.05, 3.63) is 22.9 Å². The van der Waals surface area contributed by atoms with Gasteiger partial charge in [-0.3, -0.25) is 4.79 Å². The molecule has 0 unspecified atom stereocenters. The molecule has 0 saturated carbocycles. The molecule has 0 fully saturated rings. The molecule has 1 rings (SSSR count). The number of pyridine rings is 1. The summed E-state index contributed by atoms with van der Waals surface area (Å²) in [6.45, 7) is 0. The number of alkyl halides is 3. The van der Waals surface area contributed by atoms with Gasteiger partial charge in [-0.15, -0.1) is 0 Å². The van der Waals surface area contributed by atoms with Crippen LogP contribution in [0.3, 0.4) is 0 Å². The van der Waals surface area contributed by atoms with Crippen LogP contribution in [0.25, 0.3) is 0 Å². The average molecular weight is 309 g/mol. The highest BCUT2D eigenvalue weighted by Crippen LogP contribution is 2.27. The van der Waals surface area contributed by atoms with E-state index in [9.17, 15) is 13.6 Å². The van der Waals surface area contributed by atoms with Crippen LogP contribution >= 0.6 is 15.9 Å². The average Bonchev–Trinajstić information content (AvgIpc) is 2.30. The van der Waals surface area contributed by atoms with E-state index in [1.54, 1.807) is 0 Å². The SMILES string of the molecule is COC(=O)Cc1cc(C(F)F)c(CBr)nc1N. The molecule has 17 heavy (non-hydrogen) atoms. The number of hydrogen-bond acceptors (Lipinski definition) is 4. The second-order valence-corrected chi connectivity index (χ2v) is 3.82. The lowest BCUT2D eigenvalue weighted by atomic mass is 10.1. The highest BCUT2D eigenvalue weighted by atomic mass is 79.9. The Bertz CT molecular complexity index is 427. The van der Waals surface area contributed by atoms with E-state index in [1.807, 2.05) is 0 Å². The minimum Gasteiger partial charge on any atom is -0.469 e. The lowest BCUT2D eigenvalue weighted by Crippen LogP contribution is -2.10. The van der Waals surface area contributed by atoms with Gasteiger partial charge < -0.3 is 10.5 Å². The maximum Gasteiger partial charge on any atom is 0.310 e. The monoisotopic (exact) mass is 308 g/mol. The third-order valence-corrected chi connectivity index (χ3v) is 2.70. The predicted octanol–water partition coefficient (Wildman–Crippen LogP) is 2.21. The predicted molar refractivity (Wildman–Crippen MR) is 62.0 cm³/mol. The van der Waals surface area contributed by atoms with Crippen LogP contribution in [0.1, 0.15) is 23.2 Å². The summed E-state index contributed by atoms with van der Waals surface area (Å²) in [6.07, 6.45) is -2.83. The Balaban J connectivity index is 3.15. The van der Waals surface area contributed by atoms with E-state index in [4.69, 9.17) is 5.73 Å². The molecule has 1 heterocycles. The molecule has 0 spiro atoms. The molecule has 94 valence electrons. The third kappa shape index (κ3) is 3.36. The van der Waals surface area contributed by atoms with Gasteiger partial charge in [0.1, 0.15) is 5.82 Å². The van der Waals surface area contributed by atoms with Gasteiger partial charge in [-0.05, 0) is 6.07 Å². The summed E-state index contributed by atoms with van der Waals surface area (Å²) in [7, 11) is 1.22. The zero-order valence-corrected chi connectivity index (χ0v) is 10.6. The Morgan fingerprint density at radius 2 is 2.29 bits per heavy atom. The Hall–Kier alpha value is -1.24. The van der Waals surface area contributed by atoms with Gasteiger partial charge in [-0.2, -0.15) is 0 Å². The largest absolute Gasteiger partial charge is 0.469 e. The number of carbonyl (C=O) groups is 1. The first-order valence-corrected chi connectivity index (χ1v) is 5.80. The van der Waals surface area contributed by atoms with Crippen LogP contribution in [0.4, 0.5) is 14.6 Å². The summed E-state index contributed by atoms with van der Waals surface area (Å²) in [5.41, 5.74) is 5.78. The van der Waals surface area contributed by atoms with E-state index < -0.39 is 12.4 Å². The fourth-order valence-electron chi connectivity index (χ4n) is 1.29. The van der Waals surface area contributed by atoms with Gasteiger partial charge in [0.2, 0.25) is 0 Å². The van der Waals surface area contributed by atoms with Gasteiger partial charge in [0, 0.05) is 16.5 Å². The highest BCUT2D eigenvalue weighted by Gasteiger charge is 2.18. The fourth-order valence-corrected chi connectivity index (χ4v) is 1.74. The summed E-state index contributed by atoms with van der Waals surface area (Å²) in [5.74, 6) is -0.487. The summed E-state index contributed by atoms with van der Waals surface area (Å²) in [5, 5.41) is 0.176. The number of halogens is 3. The van der Waals surface area contributed by atoms with Crippen molar-refractivity contribution in [1.82, 2.24) is 4.98 Å². The number of hydrogen-bond donors (Lipinski definition) is 1. The third-order valence-electron chi connectivity index (χ3n) is 2.17. The minimum absolute atomic E-state index is 0.0641. The lowest BCUT2D eigenvalue weighted by Gasteiger charge is -2.10. The molecular weight excluding hydrogens is 298 g/mol. The molecule has 0 amide bonds. The number of nitrogens with zero attached hydrogens (tertiary/aromatic N) is 1. The molecule has 0 aliphatic rings. The first-order valence-electron chi connectivity index (χ1n) is 4.68. The number of esters is 1. The van der Waals surface area contributed by atoms with Crippen molar-refractivity contribution >= 4 is 27.7 Å². The number of ether oxygens (including phenoxy) is 1. The second-order valence-electron chi connectivity index (χ2n) is 3.26. The molecule has 4 nitrogen and oxygen atoms in total. The molecule has 0 aliphatic carbocycles. The van der Waals surface area contributed by atoms with Gasteiger partial charge in [-0.1, -0.05) is 15.9 Å². The molecular formula is C10H11BrF2N2O2. The lowest BCUT2D eigenvalue weighted by molar-refractivity contribution is -0.139. The van der Waals surface area contributed by atoms with Crippen LogP contribution in [-0.4, -0.2) is 18.1 Å². The van der Waals surface area contributed by atoms with Crippen LogP contribution in [0.2, 0.25) is 0 Å². The number of anilines is 1. The Labute approximate surface area is 105 Å². The first kappa shape index (κ1) is 13.8. The van der Waals surface area contributed by atoms with Crippen molar-refractivity contribution in [3.63, 3.8) is 0 Å². The highest BCUT2D eigenvalue weighted by molar-refractivity contribution is 9.08. The summed E-state index contributed by atoms with van der Waals surface area (Å²) in [6, 6.07) is 1.19. The van der Waals surface area contributed by atoms with E-state index in [2.05, 4.69) is 25.7 Å². The smallest absolute Gasteiger partial charge is 0.310 e. The normalized spacial score (nSPS) is 10.6. The zero-order chi connectivity index (χ0) is 13.0. The van der Waals surface area contributed by atoms with E-state index in [0.717, 1.165) is 0 Å². The van der Waals surface area contributed by atoms with Crippen LogP contribution in [0.15, 0.2) is 6.07 Å². The number of nitrogen functional groups attached to an aromatic ring is 1. The number of rotatable bonds is 4.